The van der Waals surface area contributed by atoms with E-state index in [1.165, 1.54) is 0 Å². The predicted molar refractivity (Wildman–Crippen MR) is 61.2 cm³/mol. The minimum atomic E-state index is -0.380. The van der Waals surface area contributed by atoms with E-state index in [1.54, 1.807) is 19.4 Å². The number of ether oxygens (including phenoxy) is 1. The molecule has 82 valence electrons. The quantitative estimate of drug-likeness (QED) is 0.840. The number of carbonyl (C=O) groups excluding carboxylic acids is 1. The summed E-state index contributed by atoms with van der Waals surface area (Å²) in [6.07, 6.45) is 1.87. The van der Waals surface area contributed by atoms with Crippen molar-refractivity contribution in [2.45, 2.75) is 6.42 Å². The summed E-state index contributed by atoms with van der Waals surface area (Å²) in [7, 11) is 1.57. The van der Waals surface area contributed by atoms with Gasteiger partial charge in [0.25, 0.3) is 0 Å². The fraction of sp³-hybridized carbons (Fsp3) is 0.167. The normalized spacial score (nSPS) is 10.3. The Hall–Kier alpha value is -2.10. The van der Waals surface area contributed by atoms with Crippen molar-refractivity contribution in [2.75, 3.05) is 7.11 Å². The van der Waals surface area contributed by atoms with E-state index in [0.29, 0.717) is 5.75 Å². The maximum Gasteiger partial charge on any atom is 0.222 e. The number of hydrogen-bond acceptors (Lipinski definition) is 3. The molecule has 0 saturated carbocycles. The summed E-state index contributed by atoms with van der Waals surface area (Å²) in [6.45, 7) is 0. The predicted octanol–water partition coefficient (Wildman–Crippen LogP) is 1.27. The largest absolute Gasteiger partial charge is 0.496 e. The van der Waals surface area contributed by atoms with E-state index in [1.807, 2.05) is 18.2 Å². The number of carbonyl (C=O) groups is 1. The number of methoxy groups -OCH3 is 1. The number of nitrogens with zero attached hydrogens (tertiary/aromatic N) is 1. The highest BCUT2D eigenvalue weighted by atomic mass is 16.5. The van der Waals surface area contributed by atoms with Gasteiger partial charge in [0.2, 0.25) is 5.91 Å². The molecule has 2 N–H and O–H groups in total. The SMILES string of the molecule is COc1ccc2ncccc2c1CC(N)=O. The standard InChI is InChI=1S/C12H12N2O2/c1-16-11-5-4-10-8(3-2-6-14-10)9(11)7-12(13)15/h2-6H,7H2,1H3,(H2,13,15). The molecule has 0 aliphatic carbocycles. The Labute approximate surface area is 93.0 Å². The molecule has 0 spiro atoms. The summed E-state index contributed by atoms with van der Waals surface area (Å²) in [5.41, 5.74) is 6.85. The molecule has 1 aromatic heterocycles. The molecule has 1 heterocycles. The van der Waals surface area contributed by atoms with Crippen molar-refractivity contribution in [2.24, 2.45) is 5.73 Å². The van der Waals surface area contributed by atoms with Crippen LogP contribution in [0.15, 0.2) is 30.5 Å². The number of primary amides is 1. The van der Waals surface area contributed by atoms with Gasteiger partial charge < -0.3 is 10.5 Å². The summed E-state index contributed by atoms with van der Waals surface area (Å²) < 4.78 is 5.22. The molecule has 0 radical (unpaired) electrons. The van der Waals surface area contributed by atoms with Gasteiger partial charge in [-0.15, -0.1) is 0 Å². The fourth-order valence-corrected chi connectivity index (χ4v) is 1.74. The van der Waals surface area contributed by atoms with Gasteiger partial charge in [0.15, 0.2) is 0 Å². The third-order valence-electron chi connectivity index (χ3n) is 2.42. The van der Waals surface area contributed by atoms with Gasteiger partial charge >= 0.3 is 0 Å². The smallest absolute Gasteiger partial charge is 0.222 e. The van der Waals surface area contributed by atoms with Crippen LogP contribution in [0.5, 0.6) is 5.75 Å². The number of hydrogen-bond donors (Lipinski definition) is 1. The fourth-order valence-electron chi connectivity index (χ4n) is 1.74. The second kappa shape index (κ2) is 4.18. The zero-order chi connectivity index (χ0) is 11.5. The van der Waals surface area contributed by atoms with E-state index in [4.69, 9.17) is 10.5 Å². The highest BCUT2D eigenvalue weighted by Gasteiger charge is 2.10. The Morgan fingerprint density at radius 3 is 2.94 bits per heavy atom. The molecule has 1 amide bonds. The van der Waals surface area contributed by atoms with Crippen molar-refractivity contribution in [3.8, 4) is 5.75 Å². The van der Waals surface area contributed by atoms with E-state index in [9.17, 15) is 4.79 Å². The molecule has 0 aliphatic heterocycles. The number of aromatic nitrogens is 1. The Morgan fingerprint density at radius 2 is 2.25 bits per heavy atom. The lowest BCUT2D eigenvalue weighted by atomic mass is 10.0. The van der Waals surface area contributed by atoms with Crippen LogP contribution in [0.2, 0.25) is 0 Å². The first-order chi connectivity index (χ1) is 7.72. The Balaban J connectivity index is 2.67. The average Bonchev–Trinajstić information content (AvgIpc) is 2.29. The topological polar surface area (TPSA) is 65.2 Å². The summed E-state index contributed by atoms with van der Waals surface area (Å²) in [5, 5.41) is 0.903. The molecular formula is C12H12N2O2. The summed E-state index contributed by atoms with van der Waals surface area (Å²) in [4.78, 5) is 15.2. The van der Waals surface area contributed by atoms with Crippen molar-refractivity contribution in [1.82, 2.24) is 4.98 Å². The first kappa shape index (κ1) is 10.4. The molecule has 0 atom stereocenters. The summed E-state index contributed by atoms with van der Waals surface area (Å²) in [6, 6.07) is 7.39. The lowest BCUT2D eigenvalue weighted by Crippen LogP contribution is -2.14. The van der Waals surface area contributed by atoms with Gasteiger partial charge in [-0.1, -0.05) is 6.07 Å². The zero-order valence-electron chi connectivity index (χ0n) is 8.93. The molecule has 0 unspecified atom stereocenters. The van der Waals surface area contributed by atoms with Crippen LogP contribution in [0.1, 0.15) is 5.56 Å². The Kier molecular flexibility index (Phi) is 2.72. The summed E-state index contributed by atoms with van der Waals surface area (Å²) in [5.74, 6) is 0.286. The van der Waals surface area contributed by atoms with Crippen molar-refractivity contribution in [1.29, 1.82) is 0 Å². The maximum atomic E-state index is 11.0. The monoisotopic (exact) mass is 216 g/mol. The molecule has 0 saturated heterocycles. The van der Waals surface area contributed by atoms with Crippen LogP contribution >= 0.6 is 0 Å². The third-order valence-corrected chi connectivity index (χ3v) is 2.42. The first-order valence-electron chi connectivity index (χ1n) is 4.91. The van der Waals surface area contributed by atoms with Gasteiger partial charge in [0, 0.05) is 17.1 Å². The van der Waals surface area contributed by atoms with Gasteiger partial charge in [0.05, 0.1) is 19.0 Å². The Bertz CT molecular complexity index is 538. The highest BCUT2D eigenvalue weighted by Crippen LogP contribution is 2.26. The van der Waals surface area contributed by atoms with E-state index < -0.39 is 0 Å². The van der Waals surface area contributed by atoms with Gasteiger partial charge in [0.1, 0.15) is 5.75 Å². The van der Waals surface area contributed by atoms with Crippen molar-refractivity contribution >= 4 is 16.8 Å². The number of rotatable bonds is 3. The lowest BCUT2D eigenvalue weighted by molar-refractivity contribution is -0.117. The van der Waals surface area contributed by atoms with E-state index in [-0.39, 0.29) is 12.3 Å². The van der Waals surface area contributed by atoms with E-state index in [0.717, 1.165) is 16.5 Å². The van der Waals surface area contributed by atoms with Crippen LogP contribution < -0.4 is 10.5 Å². The van der Waals surface area contributed by atoms with Crippen LogP contribution in [0, 0.1) is 0 Å². The van der Waals surface area contributed by atoms with Crippen LogP contribution in [-0.2, 0) is 11.2 Å². The van der Waals surface area contributed by atoms with Crippen molar-refractivity contribution < 1.29 is 9.53 Å². The highest BCUT2D eigenvalue weighted by molar-refractivity contribution is 5.89. The van der Waals surface area contributed by atoms with Crippen molar-refractivity contribution in [3.63, 3.8) is 0 Å². The van der Waals surface area contributed by atoms with Gasteiger partial charge in [-0.25, -0.2) is 0 Å². The number of pyridine rings is 1. The molecule has 2 aromatic rings. The summed E-state index contributed by atoms with van der Waals surface area (Å²) >= 11 is 0. The number of amides is 1. The van der Waals surface area contributed by atoms with Gasteiger partial charge in [-0.05, 0) is 18.2 Å². The number of benzene rings is 1. The zero-order valence-corrected chi connectivity index (χ0v) is 8.93. The molecular weight excluding hydrogens is 204 g/mol. The van der Waals surface area contributed by atoms with E-state index in [2.05, 4.69) is 4.98 Å². The average molecular weight is 216 g/mol. The van der Waals surface area contributed by atoms with E-state index >= 15 is 0 Å². The number of fused-ring (bicyclic) bond motifs is 1. The first-order valence-corrected chi connectivity index (χ1v) is 4.91. The molecule has 0 bridgehead atoms. The third kappa shape index (κ3) is 1.82. The Morgan fingerprint density at radius 1 is 1.44 bits per heavy atom. The van der Waals surface area contributed by atoms with Crippen LogP contribution in [-0.4, -0.2) is 18.0 Å². The molecule has 4 nitrogen and oxygen atoms in total. The molecule has 16 heavy (non-hydrogen) atoms. The second-order valence-electron chi connectivity index (χ2n) is 3.46. The lowest BCUT2D eigenvalue weighted by Gasteiger charge is -2.09. The van der Waals surface area contributed by atoms with Crippen LogP contribution in [0.3, 0.4) is 0 Å². The van der Waals surface area contributed by atoms with Gasteiger partial charge in [-0.2, -0.15) is 0 Å². The molecule has 2 rings (SSSR count). The molecule has 0 fully saturated rings. The maximum absolute atomic E-state index is 11.0. The molecule has 0 aliphatic rings. The second-order valence-corrected chi connectivity index (χ2v) is 3.46. The molecule has 4 heteroatoms. The van der Waals surface area contributed by atoms with Crippen LogP contribution in [0.25, 0.3) is 10.9 Å². The number of nitrogens with two attached hydrogens (primary N) is 1. The minimum absolute atomic E-state index is 0.159. The van der Waals surface area contributed by atoms with Crippen LogP contribution in [0.4, 0.5) is 0 Å². The van der Waals surface area contributed by atoms with Gasteiger partial charge in [-0.3, -0.25) is 9.78 Å². The van der Waals surface area contributed by atoms with Crippen molar-refractivity contribution in [3.05, 3.63) is 36.0 Å². The minimum Gasteiger partial charge on any atom is -0.496 e. The molecule has 1 aromatic carbocycles.